The van der Waals surface area contributed by atoms with Crippen LogP contribution in [-0.2, 0) is 16.6 Å². The molecule has 0 amide bonds. The minimum Gasteiger partial charge on any atom is -0.381 e. The van der Waals surface area contributed by atoms with Crippen molar-refractivity contribution in [3.8, 4) is 5.69 Å². The topological polar surface area (TPSA) is 27.1 Å². The lowest BCUT2D eigenvalue weighted by atomic mass is 9.59. The van der Waals surface area contributed by atoms with Crippen molar-refractivity contribution in [2.24, 2.45) is 5.92 Å². The summed E-state index contributed by atoms with van der Waals surface area (Å²) in [6, 6.07) is 11.3. The van der Waals surface area contributed by atoms with Gasteiger partial charge in [-0.05, 0) is 104 Å². The van der Waals surface area contributed by atoms with Crippen molar-refractivity contribution in [3.05, 3.63) is 59.5 Å². The van der Waals surface area contributed by atoms with Crippen LogP contribution in [0.4, 0.5) is 4.39 Å². The molecule has 5 rings (SSSR count). The van der Waals surface area contributed by atoms with Crippen LogP contribution in [0.25, 0.3) is 16.6 Å². The molecule has 3 atom stereocenters. The fourth-order valence-corrected chi connectivity index (χ4v) is 6.02. The number of benzene rings is 2. The van der Waals surface area contributed by atoms with Gasteiger partial charge in [-0.15, -0.1) is 0 Å². The number of ether oxygens (including phenoxy) is 1. The summed E-state index contributed by atoms with van der Waals surface area (Å²) in [5.41, 5.74) is 5.29. The minimum atomic E-state index is -0.221. The van der Waals surface area contributed by atoms with Gasteiger partial charge in [0, 0.05) is 12.5 Å². The molecule has 0 spiro atoms. The van der Waals surface area contributed by atoms with Gasteiger partial charge < -0.3 is 4.74 Å². The molecule has 0 aliphatic heterocycles. The van der Waals surface area contributed by atoms with Gasteiger partial charge in [0.1, 0.15) is 5.82 Å². The molecule has 3 nitrogen and oxygen atoms in total. The third kappa shape index (κ3) is 3.00. The molecule has 0 bridgehead atoms. The normalized spacial score (nSPS) is 26.7. The molecule has 0 saturated heterocycles. The van der Waals surface area contributed by atoms with E-state index in [9.17, 15) is 4.39 Å². The molecule has 1 fully saturated rings. The fourth-order valence-electron chi connectivity index (χ4n) is 6.02. The Hall–Kier alpha value is -2.20. The van der Waals surface area contributed by atoms with Gasteiger partial charge in [-0.1, -0.05) is 6.92 Å². The summed E-state index contributed by atoms with van der Waals surface area (Å²) in [7, 11) is 1.86. The van der Waals surface area contributed by atoms with Crippen LogP contribution in [0.3, 0.4) is 0 Å². The van der Waals surface area contributed by atoms with Gasteiger partial charge in [0.05, 0.1) is 23.5 Å². The van der Waals surface area contributed by atoms with E-state index in [1.54, 1.807) is 17.7 Å². The van der Waals surface area contributed by atoms with E-state index in [-0.39, 0.29) is 11.2 Å². The molecule has 29 heavy (non-hydrogen) atoms. The quantitative estimate of drug-likeness (QED) is 0.549. The Morgan fingerprint density at radius 2 is 2.03 bits per heavy atom. The van der Waals surface area contributed by atoms with E-state index >= 15 is 0 Å². The molecule has 2 aliphatic rings. The Labute approximate surface area is 171 Å². The third-order valence-electron chi connectivity index (χ3n) is 7.60. The van der Waals surface area contributed by atoms with Crippen molar-refractivity contribution < 1.29 is 9.13 Å². The molecule has 152 valence electrons. The number of aromatic nitrogens is 2. The Morgan fingerprint density at radius 1 is 1.21 bits per heavy atom. The van der Waals surface area contributed by atoms with Crippen LogP contribution in [0.15, 0.2) is 42.6 Å². The van der Waals surface area contributed by atoms with Gasteiger partial charge in [0.2, 0.25) is 0 Å². The molecule has 3 unspecified atom stereocenters. The molecule has 2 aliphatic carbocycles. The molecule has 1 aromatic heterocycles. The highest BCUT2D eigenvalue weighted by Gasteiger charge is 2.45. The Balaban J connectivity index is 1.63. The van der Waals surface area contributed by atoms with E-state index in [4.69, 9.17) is 4.74 Å². The molecule has 0 N–H and O–H groups in total. The Bertz CT molecular complexity index is 1030. The number of halogens is 1. The zero-order chi connectivity index (χ0) is 20.0. The molecular formula is C25H29FN2O. The maximum Gasteiger partial charge on any atom is 0.123 e. The second-order valence-electron chi connectivity index (χ2n) is 8.83. The second-order valence-corrected chi connectivity index (χ2v) is 8.83. The Kier molecular flexibility index (Phi) is 4.70. The summed E-state index contributed by atoms with van der Waals surface area (Å²) in [5.74, 6) is 0.471. The van der Waals surface area contributed by atoms with Gasteiger partial charge in [-0.25, -0.2) is 9.07 Å². The maximum atomic E-state index is 13.4. The summed E-state index contributed by atoms with van der Waals surface area (Å²) in [6.45, 7) is 2.36. The molecule has 2 aromatic carbocycles. The number of rotatable bonds is 3. The van der Waals surface area contributed by atoms with Crippen LogP contribution in [-0.4, -0.2) is 23.0 Å². The molecular weight excluding hydrogens is 363 g/mol. The zero-order valence-electron chi connectivity index (χ0n) is 17.3. The minimum absolute atomic E-state index is 0.221. The number of fused-ring (bicyclic) bond motifs is 4. The predicted octanol–water partition coefficient (Wildman–Crippen LogP) is 5.96. The van der Waals surface area contributed by atoms with Crippen LogP contribution in [0.1, 0.15) is 56.6 Å². The van der Waals surface area contributed by atoms with Gasteiger partial charge >= 0.3 is 0 Å². The zero-order valence-corrected chi connectivity index (χ0v) is 17.3. The van der Waals surface area contributed by atoms with Crippen molar-refractivity contribution in [2.75, 3.05) is 7.11 Å². The van der Waals surface area contributed by atoms with E-state index in [2.05, 4.69) is 24.2 Å². The Morgan fingerprint density at radius 3 is 2.79 bits per heavy atom. The van der Waals surface area contributed by atoms with Gasteiger partial charge in [-0.2, -0.15) is 5.10 Å². The lowest BCUT2D eigenvalue weighted by Gasteiger charge is -2.46. The molecule has 1 saturated carbocycles. The van der Waals surface area contributed by atoms with Crippen molar-refractivity contribution in [3.63, 3.8) is 0 Å². The van der Waals surface area contributed by atoms with Crippen molar-refractivity contribution in [1.82, 2.24) is 9.78 Å². The van der Waals surface area contributed by atoms with Crippen LogP contribution < -0.4 is 0 Å². The largest absolute Gasteiger partial charge is 0.381 e. The monoisotopic (exact) mass is 392 g/mol. The molecule has 3 aromatic rings. The number of methoxy groups -OCH3 is 1. The highest BCUT2D eigenvalue weighted by atomic mass is 19.1. The summed E-state index contributed by atoms with van der Waals surface area (Å²) in [6.07, 6.45) is 10.7. The van der Waals surface area contributed by atoms with Gasteiger partial charge in [-0.3, -0.25) is 0 Å². The highest BCUT2D eigenvalue weighted by Crippen LogP contribution is 2.52. The average Bonchev–Trinajstić information content (AvgIpc) is 3.09. The summed E-state index contributed by atoms with van der Waals surface area (Å²) in [4.78, 5) is 0. The maximum absolute atomic E-state index is 13.4. The lowest BCUT2D eigenvalue weighted by molar-refractivity contribution is 0.0122. The smallest absolute Gasteiger partial charge is 0.123 e. The number of nitrogens with zero attached hydrogens (tertiary/aromatic N) is 2. The SMILES string of the molecule is CCC12CCC(OC)CC1CCCc1cc3c(cnn3-c3ccc(F)cc3)cc12. The van der Waals surface area contributed by atoms with E-state index in [1.165, 1.54) is 55.2 Å². The van der Waals surface area contributed by atoms with E-state index in [0.717, 1.165) is 24.0 Å². The standard InChI is InChI=1S/C25H29FN2O/c1-3-25-12-11-22(29-2)15-19(25)6-4-5-17-14-24-18(13-23(17)25)16-27-28(24)21-9-7-20(26)8-10-21/h7-10,13-14,16,19,22H,3-6,11-12,15H2,1-2H3. The van der Waals surface area contributed by atoms with E-state index in [1.807, 2.05) is 18.0 Å². The molecule has 0 radical (unpaired) electrons. The van der Waals surface area contributed by atoms with Crippen LogP contribution in [0.5, 0.6) is 0 Å². The first-order chi connectivity index (χ1) is 14.1. The summed E-state index contributed by atoms with van der Waals surface area (Å²) >= 11 is 0. The summed E-state index contributed by atoms with van der Waals surface area (Å²) < 4.78 is 21.1. The van der Waals surface area contributed by atoms with Crippen LogP contribution in [0.2, 0.25) is 0 Å². The number of hydrogen-bond donors (Lipinski definition) is 0. The number of hydrogen-bond acceptors (Lipinski definition) is 2. The summed E-state index contributed by atoms with van der Waals surface area (Å²) in [5, 5.41) is 5.82. The molecule has 4 heteroatoms. The highest BCUT2D eigenvalue weighted by molar-refractivity contribution is 5.82. The number of aryl methyl sites for hydroxylation is 1. The van der Waals surface area contributed by atoms with Crippen molar-refractivity contribution >= 4 is 10.9 Å². The lowest BCUT2D eigenvalue weighted by Crippen LogP contribution is -2.42. The van der Waals surface area contributed by atoms with Crippen molar-refractivity contribution in [2.45, 2.75) is 63.4 Å². The average molecular weight is 393 g/mol. The third-order valence-corrected chi connectivity index (χ3v) is 7.60. The van der Waals surface area contributed by atoms with E-state index < -0.39 is 0 Å². The fraction of sp³-hybridized carbons (Fsp3) is 0.480. The van der Waals surface area contributed by atoms with Gasteiger partial charge in [0.25, 0.3) is 0 Å². The first kappa shape index (κ1) is 18.8. The first-order valence-corrected chi connectivity index (χ1v) is 10.9. The van der Waals surface area contributed by atoms with Crippen LogP contribution >= 0.6 is 0 Å². The van der Waals surface area contributed by atoms with E-state index in [0.29, 0.717) is 12.0 Å². The van der Waals surface area contributed by atoms with Gasteiger partial charge in [0.15, 0.2) is 0 Å². The molecule has 1 heterocycles. The first-order valence-electron chi connectivity index (χ1n) is 10.9. The predicted molar refractivity (Wildman–Crippen MR) is 114 cm³/mol. The second kappa shape index (κ2) is 7.24. The van der Waals surface area contributed by atoms with Crippen LogP contribution in [0, 0.1) is 11.7 Å². The van der Waals surface area contributed by atoms with Crippen molar-refractivity contribution in [1.29, 1.82) is 0 Å².